The molecule has 4 heteroatoms. The minimum absolute atomic E-state index is 0.0782. The van der Waals surface area contributed by atoms with E-state index in [2.05, 4.69) is 5.16 Å². The van der Waals surface area contributed by atoms with Crippen molar-refractivity contribution >= 4 is 11.8 Å². The summed E-state index contributed by atoms with van der Waals surface area (Å²) in [6.45, 7) is 0. The first-order chi connectivity index (χ1) is 2.27. The van der Waals surface area contributed by atoms with Crippen LogP contribution in [0.2, 0.25) is 0 Å². The molecule has 26 valence electrons. The van der Waals surface area contributed by atoms with E-state index >= 15 is 0 Å². The zero-order chi connectivity index (χ0) is 4.28. The minimum atomic E-state index is 0.0782. The van der Waals surface area contributed by atoms with Crippen LogP contribution in [-0.4, -0.2) is 5.42 Å². The Bertz CT molecular complexity index is 49.6. The van der Waals surface area contributed by atoms with Gasteiger partial charge in [-0.1, -0.05) is 0 Å². The second-order valence-electron chi connectivity index (χ2n) is 0.597. The molecule has 5 heavy (non-hydrogen) atoms. The van der Waals surface area contributed by atoms with Gasteiger partial charge in [0.15, 0.2) is 0 Å². The molecule has 0 heterocycles. The molecule has 0 spiro atoms. The number of halogens is 1. The van der Waals surface area contributed by atoms with Crippen LogP contribution in [0, 0.1) is 42.8 Å². The first-order valence-electron chi connectivity index (χ1n) is 1.11. The third-order valence-corrected chi connectivity index (χ3v) is 1.04. The number of rotatable bonds is 0. The van der Waals surface area contributed by atoms with Gasteiger partial charge in [-0.25, -0.2) is 0 Å². The van der Waals surface area contributed by atoms with Gasteiger partial charge in [0.1, 0.15) is 0 Å². The second-order valence-corrected chi connectivity index (χ2v) is 7.64. The molecule has 2 nitrogen and oxygen atoms in total. The summed E-state index contributed by atoms with van der Waals surface area (Å²) >= 11 is 5.14. The molecule has 0 aliphatic heterocycles. The van der Waals surface area contributed by atoms with E-state index < -0.39 is 0 Å². The number of oxime groups is 1. The third kappa shape index (κ3) is 5.23. The van der Waals surface area contributed by atoms with Gasteiger partial charge < -0.3 is 0 Å². The molecule has 0 aliphatic carbocycles. The zero-order valence-corrected chi connectivity index (χ0v) is 11.7. The van der Waals surface area contributed by atoms with Gasteiger partial charge >= 0.3 is 65.0 Å². The van der Waals surface area contributed by atoms with E-state index in [0.29, 0.717) is 0.212 Å². The van der Waals surface area contributed by atoms with Crippen molar-refractivity contribution < 1.29 is 48.0 Å². The summed E-state index contributed by atoms with van der Waals surface area (Å²) in [7, 11) is 0. The molecule has 0 aromatic heterocycles. The van der Waals surface area contributed by atoms with Crippen molar-refractivity contribution in [2.24, 2.45) is 5.16 Å². The SMILES string of the molecule is O/N=[C](\Cl)[RaH]. The summed E-state index contributed by atoms with van der Waals surface area (Å²) in [4.78, 5) is 0. The van der Waals surface area contributed by atoms with Gasteiger partial charge in [0.25, 0.3) is 0 Å². The summed E-state index contributed by atoms with van der Waals surface area (Å²) < 4.78 is 0.387. The zero-order valence-electron chi connectivity index (χ0n) is 2.77. The van der Waals surface area contributed by atoms with Crippen molar-refractivity contribution in [1.82, 2.24) is 0 Å². The maximum absolute atomic E-state index is 7.66. The fourth-order valence-corrected chi connectivity index (χ4v) is 0. The fourth-order valence-electron chi connectivity index (χ4n) is 0. The standard InChI is InChI=1S/CHClNO.Ra.H/c2-1-3-4;;/h4H;;. The number of hydrogen-bond donors (Lipinski definition) is 1. The Hall–Kier alpha value is 1.23. The normalized spacial score (nSPS) is 11.6. The van der Waals surface area contributed by atoms with Gasteiger partial charge in [-0.15, -0.1) is 0 Å². The van der Waals surface area contributed by atoms with Crippen LogP contribution >= 0.6 is 11.6 Å². The first kappa shape index (κ1) is 6.23. The molecule has 0 unspecified atom stereocenters. The van der Waals surface area contributed by atoms with Gasteiger partial charge in [0, 0.05) is 0 Å². The predicted molar refractivity (Wildman–Crippen MR) is 16.5 cm³/mol. The Labute approximate surface area is 64.0 Å². The van der Waals surface area contributed by atoms with E-state index in [1.54, 1.807) is 0 Å². The average Bonchev–Trinajstić information content (AvgIpc) is 1.38. The average molecular weight is 305 g/mol. The summed E-state index contributed by atoms with van der Waals surface area (Å²) in [5, 5.41) is 10.3. The quantitative estimate of drug-likeness (QED) is 0.388. The summed E-state index contributed by atoms with van der Waals surface area (Å²) in [6, 6.07) is 0. The van der Waals surface area contributed by atoms with E-state index in [0.717, 1.165) is 0 Å². The predicted octanol–water partition coefficient (Wildman–Crippen LogP) is 0.252. The van der Waals surface area contributed by atoms with Crippen molar-refractivity contribution in [3.05, 3.63) is 0 Å². The molecule has 0 atom stereocenters. The van der Waals surface area contributed by atoms with Crippen LogP contribution in [0.5, 0.6) is 0 Å². The Balaban J connectivity index is 3.14. The van der Waals surface area contributed by atoms with Crippen LogP contribution in [0.1, 0.15) is 0 Å². The van der Waals surface area contributed by atoms with Crippen LogP contribution in [0.25, 0.3) is 0 Å². The van der Waals surface area contributed by atoms with Crippen LogP contribution in [0.3, 0.4) is 0 Å². The molecule has 1 N–H and O–H groups in total. The number of nitrogens with zero attached hydrogens (tertiary/aromatic N) is 1. The fraction of sp³-hybridized carbons (Fsp3) is 0. The monoisotopic (exact) mass is 305 g/mol. The molecule has 0 radical (unpaired) electrons. The molecule has 0 rings (SSSR count). The van der Waals surface area contributed by atoms with E-state index in [-0.39, 0.29) is 42.8 Å². The van der Waals surface area contributed by atoms with Crippen molar-refractivity contribution in [2.75, 3.05) is 0 Å². The van der Waals surface area contributed by atoms with Gasteiger partial charge in [0.2, 0.25) is 0 Å². The van der Waals surface area contributed by atoms with Crippen LogP contribution in [0.4, 0.5) is 0 Å². The molecule has 0 aliphatic rings. The topological polar surface area (TPSA) is 32.6 Å². The van der Waals surface area contributed by atoms with E-state index in [1.807, 2.05) is 0 Å². The molecule has 0 bridgehead atoms. The van der Waals surface area contributed by atoms with Gasteiger partial charge in [-0.2, -0.15) is 0 Å². The molecular weight excluding hydrogens is 303 g/mol. The molecule has 0 fully saturated rings. The molecule has 0 aromatic rings. The van der Waals surface area contributed by atoms with E-state index in [9.17, 15) is 0 Å². The molecule has 0 saturated carbocycles. The Morgan fingerprint density at radius 3 is 2.20 bits per heavy atom. The van der Waals surface area contributed by atoms with E-state index in [4.69, 9.17) is 16.8 Å². The van der Waals surface area contributed by atoms with Crippen molar-refractivity contribution in [3.8, 4) is 0 Å². The van der Waals surface area contributed by atoms with Gasteiger partial charge in [0.05, 0.1) is 0 Å². The summed E-state index contributed by atoms with van der Waals surface area (Å²) in [5.74, 6) is 0. The van der Waals surface area contributed by atoms with Crippen LogP contribution in [0.15, 0.2) is 5.16 Å². The molecule has 0 saturated heterocycles. The third-order valence-electron chi connectivity index (χ3n) is 0.138. The van der Waals surface area contributed by atoms with Crippen LogP contribution in [-0.2, 0) is 0 Å². The summed E-state index contributed by atoms with van der Waals surface area (Å²) in [5.41, 5.74) is 0. The van der Waals surface area contributed by atoms with Crippen molar-refractivity contribution in [3.63, 3.8) is 0 Å². The molecular formula is CH2ClNORa. The molecule has 0 aromatic carbocycles. The number of hydrogen-bond acceptors (Lipinski definition) is 2. The second kappa shape index (κ2) is 3.42. The van der Waals surface area contributed by atoms with Crippen molar-refractivity contribution in [1.29, 1.82) is 0 Å². The van der Waals surface area contributed by atoms with Crippen LogP contribution < -0.4 is 0 Å². The maximum atomic E-state index is 7.66. The van der Waals surface area contributed by atoms with Crippen molar-refractivity contribution in [2.45, 2.75) is 0 Å². The van der Waals surface area contributed by atoms with Gasteiger partial charge in [-0.3, -0.25) is 0 Å². The Morgan fingerprint density at radius 2 is 2.20 bits per heavy atom. The molecule has 0 amide bonds. The van der Waals surface area contributed by atoms with Gasteiger partial charge in [-0.05, 0) is 0 Å². The first-order valence-corrected chi connectivity index (χ1v) is 5.60. The van der Waals surface area contributed by atoms with E-state index in [1.165, 1.54) is 0 Å². The Morgan fingerprint density at radius 1 is 2.00 bits per heavy atom. The Kier molecular flexibility index (Phi) is 4.26. The summed E-state index contributed by atoms with van der Waals surface area (Å²) in [6.07, 6.45) is 0.